The topological polar surface area (TPSA) is 78.9 Å². The van der Waals surface area contributed by atoms with Crippen molar-refractivity contribution in [2.24, 2.45) is 0 Å². The van der Waals surface area contributed by atoms with Crippen LogP contribution in [0.3, 0.4) is 0 Å². The summed E-state index contributed by atoms with van der Waals surface area (Å²) in [5.41, 5.74) is 0.851. The lowest BCUT2D eigenvalue weighted by atomic mass is 9.94. The van der Waals surface area contributed by atoms with E-state index in [0.29, 0.717) is 29.5 Å². The molecule has 170 valence electrons. The Balaban J connectivity index is 1.70. The number of para-hydroxylation sites is 1. The van der Waals surface area contributed by atoms with Gasteiger partial charge in [-0.25, -0.2) is 23.9 Å². The molecule has 0 N–H and O–H groups in total. The predicted octanol–water partition coefficient (Wildman–Crippen LogP) is 4.60. The molecule has 0 radical (unpaired) electrons. The number of ether oxygens (including phenoxy) is 1. The second-order valence-electron chi connectivity index (χ2n) is 8.79. The number of anilines is 2. The Morgan fingerprint density at radius 1 is 1.31 bits per heavy atom. The Labute approximate surface area is 190 Å². The van der Waals surface area contributed by atoms with Gasteiger partial charge in [0.2, 0.25) is 0 Å². The zero-order valence-electron chi connectivity index (χ0n) is 18.8. The Kier molecular flexibility index (Phi) is 5.74. The highest BCUT2D eigenvalue weighted by Crippen LogP contribution is 2.42. The summed E-state index contributed by atoms with van der Waals surface area (Å²) in [5.74, 6) is 0.0560. The first-order valence-electron chi connectivity index (χ1n) is 10.3. The highest BCUT2D eigenvalue weighted by Gasteiger charge is 2.40. The van der Waals surface area contributed by atoms with Crippen LogP contribution in [0.5, 0.6) is 0 Å². The lowest BCUT2D eigenvalue weighted by Crippen LogP contribution is -2.50. The SMILES string of the molecule is CSc1ncc2c(n1)N(C)C(=O)N(C1CCN(C(=O)OC(C)(C)C)c3c(F)cccc31)C2. The first-order chi connectivity index (χ1) is 15.1. The first kappa shape index (κ1) is 22.3. The smallest absolute Gasteiger partial charge is 0.414 e. The van der Waals surface area contributed by atoms with E-state index in [9.17, 15) is 14.0 Å². The van der Waals surface area contributed by atoms with Crippen LogP contribution in [0.15, 0.2) is 29.6 Å². The minimum atomic E-state index is -0.704. The van der Waals surface area contributed by atoms with Gasteiger partial charge < -0.3 is 9.64 Å². The van der Waals surface area contributed by atoms with Crippen molar-refractivity contribution in [1.29, 1.82) is 0 Å². The number of carbonyl (C=O) groups excluding carboxylic acids is 2. The normalized spacial score (nSPS) is 18.4. The highest BCUT2D eigenvalue weighted by molar-refractivity contribution is 7.98. The average molecular weight is 460 g/mol. The van der Waals surface area contributed by atoms with Gasteiger partial charge in [-0.2, -0.15) is 0 Å². The number of rotatable bonds is 2. The molecule has 1 aromatic carbocycles. The van der Waals surface area contributed by atoms with Crippen LogP contribution in [-0.2, 0) is 11.3 Å². The van der Waals surface area contributed by atoms with Crippen LogP contribution >= 0.6 is 11.8 Å². The van der Waals surface area contributed by atoms with Crippen LogP contribution in [0.2, 0.25) is 0 Å². The lowest BCUT2D eigenvalue weighted by Gasteiger charge is -2.43. The standard InChI is InChI=1S/C22H26FN5O3S/c1-22(2,3)31-21(30)27-10-9-16(14-7-6-8-15(23)17(14)27)28-12-13-11-24-19(32-5)25-18(13)26(4)20(28)29/h6-8,11,16H,9-10,12H2,1-5H3. The molecule has 10 heteroatoms. The summed E-state index contributed by atoms with van der Waals surface area (Å²) in [6, 6.07) is 4.04. The molecular weight excluding hydrogens is 433 g/mol. The van der Waals surface area contributed by atoms with Gasteiger partial charge in [-0.15, -0.1) is 0 Å². The summed E-state index contributed by atoms with van der Waals surface area (Å²) < 4.78 is 20.5. The summed E-state index contributed by atoms with van der Waals surface area (Å²) >= 11 is 1.41. The minimum Gasteiger partial charge on any atom is -0.443 e. The van der Waals surface area contributed by atoms with Crippen LogP contribution in [0, 0.1) is 5.82 Å². The van der Waals surface area contributed by atoms with E-state index in [1.165, 1.54) is 27.6 Å². The zero-order chi connectivity index (χ0) is 23.2. The molecule has 0 saturated heterocycles. The Morgan fingerprint density at radius 3 is 2.75 bits per heavy atom. The van der Waals surface area contributed by atoms with Crippen molar-refractivity contribution in [3.05, 3.63) is 41.3 Å². The van der Waals surface area contributed by atoms with Gasteiger partial charge >= 0.3 is 12.1 Å². The molecule has 4 rings (SSSR count). The Hall–Kier alpha value is -2.88. The van der Waals surface area contributed by atoms with Gasteiger partial charge in [0.15, 0.2) is 5.16 Å². The molecule has 0 bridgehead atoms. The molecule has 3 heterocycles. The number of aromatic nitrogens is 2. The molecule has 0 spiro atoms. The maximum absolute atomic E-state index is 15.0. The second kappa shape index (κ2) is 8.23. The molecule has 0 aliphatic carbocycles. The number of urea groups is 1. The average Bonchev–Trinajstić information content (AvgIpc) is 2.74. The van der Waals surface area contributed by atoms with Crippen molar-refractivity contribution in [2.45, 2.75) is 50.5 Å². The number of carbonyl (C=O) groups is 2. The molecule has 1 atom stereocenters. The number of amides is 3. The number of thioether (sulfide) groups is 1. The van der Waals surface area contributed by atoms with Crippen molar-refractivity contribution in [2.75, 3.05) is 29.6 Å². The van der Waals surface area contributed by atoms with Crippen LogP contribution < -0.4 is 9.80 Å². The van der Waals surface area contributed by atoms with Crippen LogP contribution in [0.1, 0.15) is 44.4 Å². The van der Waals surface area contributed by atoms with Crippen molar-refractivity contribution >= 4 is 35.4 Å². The van der Waals surface area contributed by atoms with E-state index in [1.54, 1.807) is 51.0 Å². The van der Waals surface area contributed by atoms with Gasteiger partial charge in [-0.05, 0) is 39.5 Å². The van der Waals surface area contributed by atoms with Crippen molar-refractivity contribution in [3.63, 3.8) is 0 Å². The first-order valence-corrected chi connectivity index (χ1v) is 11.6. The zero-order valence-corrected chi connectivity index (χ0v) is 19.6. The number of nitrogens with zero attached hydrogens (tertiary/aromatic N) is 5. The fourth-order valence-electron chi connectivity index (χ4n) is 4.09. The van der Waals surface area contributed by atoms with Gasteiger partial charge in [0.05, 0.1) is 18.3 Å². The molecule has 0 fully saturated rings. The van der Waals surface area contributed by atoms with Crippen molar-refractivity contribution < 1.29 is 18.7 Å². The van der Waals surface area contributed by atoms with E-state index in [0.717, 1.165) is 5.56 Å². The molecule has 1 aromatic heterocycles. The molecule has 3 amide bonds. The Morgan fingerprint density at radius 2 is 2.06 bits per heavy atom. The van der Waals surface area contributed by atoms with Gasteiger partial charge in [0, 0.05) is 30.9 Å². The maximum Gasteiger partial charge on any atom is 0.414 e. The summed E-state index contributed by atoms with van der Waals surface area (Å²) in [6.45, 7) is 5.84. The minimum absolute atomic E-state index is 0.160. The molecule has 2 aliphatic heterocycles. The van der Waals surface area contributed by atoms with E-state index in [4.69, 9.17) is 4.74 Å². The molecule has 2 aromatic rings. The number of halogens is 1. The molecule has 1 unspecified atom stereocenters. The largest absolute Gasteiger partial charge is 0.443 e. The molecule has 32 heavy (non-hydrogen) atoms. The van der Waals surface area contributed by atoms with Gasteiger partial charge in [-0.1, -0.05) is 23.9 Å². The fraction of sp³-hybridized carbons (Fsp3) is 0.455. The third-order valence-electron chi connectivity index (χ3n) is 5.46. The monoisotopic (exact) mass is 459 g/mol. The quantitative estimate of drug-likeness (QED) is 0.483. The third-order valence-corrected chi connectivity index (χ3v) is 6.02. The van der Waals surface area contributed by atoms with Crippen molar-refractivity contribution in [1.82, 2.24) is 14.9 Å². The van der Waals surface area contributed by atoms with Crippen molar-refractivity contribution in [3.8, 4) is 0 Å². The number of hydrogen-bond donors (Lipinski definition) is 0. The van der Waals surface area contributed by atoms with Crippen LogP contribution in [-0.4, -0.2) is 52.4 Å². The molecule has 0 saturated carbocycles. The summed E-state index contributed by atoms with van der Waals surface area (Å²) in [4.78, 5) is 39.4. The van der Waals surface area contributed by atoms with E-state index >= 15 is 0 Å². The Bertz CT molecular complexity index is 1070. The summed E-state index contributed by atoms with van der Waals surface area (Å²) in [5, 5.41) is 0.593. The fourth-order valence-corrected chi connectivity index (χ4v) is 4.42. The third kappa shape index (κ3) is 3.99. The van der Waals surface area contributed by atoms with Crippen LogP contribution in [0.4, 0.5) is 25.5 Å². The van der Waals surface area contributed by atoms with E-state index < -0.39 is 23.6 Å². The predicted molar refractivity (Wildman–Crippen MR) is 120 cm³/mol. The molecular formula is C22H26FN5O3S. The lowest BCUT2D eigenvalue weighted by molar-refractivity contribution is 0.0570. The summed E-state index contributed by atoms with van der Waals surface area (Å²) in [6.07, 6.45) is 3.45. The van der Waals surface area contributed by atoms with E-state index in [-0.39, 0.29) is 18.3 Å². The second-order valence-corrected chi connectivity index (χ2v) is 9.56. The van der Waals surface area contributed by atoms with Gasteiger partial charge in [0.25, 0.3) is 0 Å². The molecule has 8 nitrogen and oxygen atoms in total. The number of fused-ring (bicyclic) bond motifs is 2. The van der Waals surface area contributed by atoms with E-state index in [2.05, 4.69) is 9.97 Å². The van der Waals surface area contributed by atoms with Crippen LogP contribution in [0.25, 0.3) is 0 Å². The highest BCUT2D eigenvalue weighted by atomic mass is 32.2. The number of hydrogen-bond acceptors (Lipinski definition) is 6. The summed E-state index contributed by atoms with van der Waals surface area (Å²) in [7, 11) is 1.67. The molecule has 2 aliphatic rings. The maximum atomic E-state index is 15.0. The number of benzene rings is 1. The van der Waals surface area contributed by atoms with E-state index in [1.807, 2.05) is 6.26 Å². The van der Waals surface area contributed by atoms with Gasteiger partial charge in [0.1, 0.15) is 17.2 Å². The van der Waals surface area contributed by atoms with Gasteiger partial charge in [-0.3, -0.25) is 9.80 Å².